The lowest BCUT2D eigenvalue weighted by atomic mass is 10.1. The largest absolute Gasteiger partial charge is 0.416 e. The molecule has 18 heavy (non-hydrogen) atoms. The van der Waals surface area contributed by atoms with Crippen LogP contribution < -0.4 is 5.73 Å². The van der Waals surface area contributed by atoms with Crippen LogP contribution in [0.5, 0.6) is 0 Å². The lowest BCUT2D eigenvalue weighted by Gasteiger charge is -2.09. The molecule has 1 aromatic carbocycles. The Kier molecular flexibility index (Phi) is 2.94. The Morgan fingerprint density at radius 3 is 2.28 bits per heavy atom. The SMILES string of the molecule is Cc1cnc(N)nc1-c1ccc(C(F)(F)F)cc1. The van der Waals surface area contributed by atoms with Crippen LogP contribution in [-0.4, -0.2) is 9.97 Å². The van der Waals surface area contributed by atoms with Crippen LogP contribution in [0, 0.1) is 6.92 Å². The zero-order valence-corrected chi connectivity index (χ0v) is 9.49. The summed E-state index contributed by atoms with van der Waals surface area (Å²) < 4.78 is 37.3. The normalized spacial score (nSPS) is 11.6. The van der Waals surface area contributed by atoms with Gasteiger partial charge in [0.25, 0.3) is 0 Å². The van der Waals surface area contributed by atoms with Crippen molar-refractivity contribution in [3.63, 3.8) is 0 Å². The molecule has 0 amide bonds. The third-order valence-corrected chi connectivity index (χ3v) is 2.48. The van der Waals surface area contributed by atoms with Crippen LogP contribution >= 0.6 is 0 Å². The molecule has 0 saturated heterocycles. The maximum Gasteiger partial charge on any atom is 0.416 e. The Morgan fingerprint density at radius 2 is 1.72 bits per heavy atom. The number of hydrogen-bond acceptors (Lipinski definition) is 3. The van der Waals surface area contributed by atoms with Crippen molar-refractivity contribution in [2.45, 2.75) is 13.1 Å². The quantitative estimate of drug-likeness (QED) is 0.849. The molecule has 2 aromatic rings. The van der Waals surface area contributed by atoms with E-state index >= 15 is 0 Å². The molecule has 0 aliphatic carbocycles. The second-order valence-electron chi connectivity index (χ2n) is 3.83. The van der Waals surface area contributed by atoms with Gasteiger partial charge in [-0.15, -0.1) is 0 Å². The summed E-state index contributed by atoms with van der Waals surface area (Å²) >= 11 is 0. The van der Waals surface area contributed by atoms with Gasteiger partial charge in [-0.2, -0.15) is 13.2 Å². The van der Waals surface area contributed by atoms with E-state index in [9.17, 15) is 13.2 Å². The minimum Gasteiger partial charge on any atom is -0.368 e. The Bertz CT molecular complexity index is 562. The Labute approximate surface area is 101 Å². The van der Waals surface area contributed by atoms with Gasteiger partial charge in [-0.05, 0) is 24.6 Å². The molecule has 2 rings (SSSR count). The highest BCUT2D eigenvalue weighted by Crippen LogP contribution is 2.31. The van der Waals surface area contributed by atoms with Crippen molar-refractivity contribution in [3.05, 3.63) is 41.6 Å². The summed E-state index contributed by atoms with van der Waals surface area (Å²) in [5.74, 6) is 0.0931. The molecule has 0 saturated carbocycles. The minimum absolute atomic E-state index is 0.0931. The number of rotatable bonds is 1. The van der Waals surface area contributed by atoms with E-state index in [1.807, 2.05) is 0 Å². The predicted molar refractivity (Wildman–Crippen MR) is 61.6 cm³/mol. The molecular formula is C12H10F3N3. The van der Waals surface area contributed by atoms with Crippen molar-refractivity contribution in [1.82, 2.24) is 9.97 Å². The average Bonchev–Trinajstić information content (AvgIpc) is 2.31. The van der Waals surface area contributed by atoms with Gasteiger partial charge in [0, 0.05) is 11.8 Å². The third kappa shape index (κ3) is 2.42. The van der Waals surface area contributed by atoms with E-state index in [1.54, 1.807) is 6.92 Å². The van der Waals surface area contributed by atoms with Crippen LogP contribution in [0.3, 0.4) is 0 Å². The molecule has 3 nitrogen and oxygen atoms in total. The summed E-state index contributed by atoms with van der Waals surface area (Å²) in [5, 5.41) is 0. The lowest BCUT2D eigenvalue weighted by Crippen LogP contribution is -2.04. The van der Waals surface area contributed by atoms with Crippen LogP contribution in [-0.2, 0) is 6.18 Å². The highest BCUT2D eigenvalue weighted by Gasteiger charge is 2.30. The highest BCUT2D eigenvalue weighted by atomic mass is 19.4. The van der Waals surface area contributed by atoms with Gasteiger partial charge in [0.2, 0.25) is 5.95 Å². The molecule has 0 radical (unpaired) electrons. The van der Waals surface area contributed by atoms with Crippen LogP contribution in [0.1, 0.15) is 11.1 Å². The molecule has 0 atom stereocenters. The number of nitrogens with zero attached hydrogens (tertiary/aromatic N) is 2. The van der Waals surface area contributed by atoms with Gasteiger partial charge in [-0.3, -0.25) is 0 Å². The standard InChI is InChI=1S/C12H10F3N3/c1-7-6-17-11(16)18-10(7)8-2-4-9(5-3-8)12(13,14)15/h2-6H,1H3,(H2,16,17,18). The minimum atomic E-state index is -4.34. The number of aryl methyl sites for hydroxylation is 1. The summed E-state index contributed by atoms with van der Waals surface area (Å²) in [6, 6.07) is 4.79. The molecule has 0 bridgehead atoms. The molecule has 0 aliphatic rings. The van der Waals surface area contributed by atoms with Crippen molar-refractivity contribution in [3.8, 4) is 11.3 Å². The number of nitrogens with two attached hydrogens (primary N) is 1. The Balaban J connectivity index is 2.43. The number of alkyl halides is 3. The predicted octanol–water partition coefficient (Wildman–Crippen LogP) is 3.05. The summed E-state index contributed by atoms with van der Waals surface area (Å²) in [7, 11) is 0. The topological polar surface area (TPSA) is 51.8 Å². The van der Waals surface area contributed by atoms with E-state index in [0.717, 1.165) is 17.7 Å². The van der Waals surface area contributed by atoms with E-state index in [-0.39, 0.29) is 5.95 Å². The second kappa shape index (κ2) is 4.29. The lowest BCUT2D eigenvalue weighted by molar-refractivity contribution is -0.137. The molecule has 0 aliphatic heterocycles. The first-order valence-corrected chi connectivity index (χ1v) is 5.14. The number of anilines is 1. The Hall–Kier alpha value is -2.11. The van der Waals surface area contributed by atoms with Crippen molar-refractivity contribution in [1.29, 1.82) is 0 Å². The zero-order valence-electron chi connectivity index (χ0n) is 9.49. The summed E-state index contributed by atoms with van der Waals surface area (Å²) in [6.45, 7) is 1.77. The van der Waals surface area contributed by atoms with Crippen molar-refractivity contribution >= 4 is 5.95 Å². The summed E-state index contributed by atoms with van der Waals surface area (Å²) in [6.07, 6.45) is -2.80. The van der Waals surface area contributed by atoms with E-state index in [1.165, 1.54) is 18.3 Å². The number of benzene rings is 1. The van der Waals surface area contributed by atoms with E-state index in [2.05, 4.69) is 9.97 Å². The fourth-order valence-electron chi connectivity index (χ4n) is 1.56. The smallest absolute Gasteiger partial charge is 0.368 e. The number of nitrogen functional groups attached to an aromatic ring is 1. The van der Waals surface area contributed by atoms with Crippen LogP contribution in [0.15, 0.2) is 30.5 Å². The van der Waals surface area contributed by atoms with Gasteiger partial charge in [0.05, 0.1) is 11.3 Å². The molecule has 6 heteroatoms. The van der Waals surface area contributed by atoms with Crippen LogP contribution in [0.4, 0.5) is 19.1 Å². The molecular weight excluding hydrogens is 243 g/mol. The van der Waals surface area contributed by atoms with Crippen molar-refractivity contribution in [2.24, 2.45) is 0 Å². The van der Waals surface area contributed by atoms with E-state index < -0.39 is 11.7 Å². The summed E-state index contributed by atoms with van der Waals surface area (Å²) in [5.41, 5.74) is 6.64. The van der Waals surface area contributed by atoms with Gasteiger partial charge in [0.1, 0.15) is 0 Å². The summed E-state index contributed by atoms with van der Waals surface area (Å²) in [4.78, 5) is 7.83. The number of aromatic nitrogens is 2. The molecule has 0 spiro atoms. The second-order valence-corrected chi connectivity index (χ2v) is 3.83. The fourth-order valence-corrected chi connectivity index (χ4v) is 1.56. The molecule has 0 unspecified atom stereocenters. The van der Waals surface area contributed by atoms with Crippen molar-refractivity contribution < 1.29 is 13.2 Å². The fraction of sp³-hybridized carbons (Fsp3) is 0.167. The van der Waals surface area contributed by atoms with Crippen LogP contribution in [0.25, 0.3) is 11.3 Å². The molecule has 2 N–H and O–H groups in total. The molecule has 1 heterocycles. The van der Waals surface area contributed by atoms with Gasteiger partial charge in [-0.1, -0.05) is 12.1 Å². The maximum atomic E-state index is 12.4. The average molecular weight is 253 g/mol. The zero-order chi connectivity index (χ0) is 13.3. The molecule has 94 valence electrons. The van der Waals surface area contributed by atoms with E-state index in [4.69, 9.17) is 5.73 Å². The van der Waals surface area contributed by atoms with E-state index in [0.29, 0.717) is 11.3 Å². The monoisotopic (exact) mass is 253 g/mol. The van der Waals surface area contributed by atoms with Gasteiger partial charge >= 0.3 is 6.18 Å². The van der Waals surface area contributed by atoms with Crippen molar-refractivity contribution in [2.75, 3.05) is 5.73 Å². The highest BCUT2D eigenvalue weighted by molar-refractivity contribution is 5.63. The molecule has 0 fully saturated rings. The Morgan fingerprint density at radius 1 is 1.11 bits per heavy atom. The maximum absolute atomic E-state index is 12.4. The first-order valence-electron chi connectivity index (χ1n) is 5.14. The van der Waals surface area contributed by atoms with Gasteiger partial charge in [0.15, 0.2) is 0 Å². The molecule has 1 aromatic heterocycles. The number of halogens is 3. The number of hydrogen-bond donors (Lipinski definition) is 1. The van der Waals surface area contributed by atoms with Gasteiger partial charge in [-0.25, -0.2) is 9.97 Å². The van der Waals surface area contributed by atoms with Gasteiger partial charge < -0.3 is 5.73 Å². The first-order chi connectivity index (χ1) is 8.38. The van der Waals surface area contributed by atoms with Crippen LogP contribution in [0.2, 0.25) is 0 Å². The first kappa shape index (κ1) is 12.3. The third-order valence-electron chi connectivity index (χ3n) is 2.48.